The molecule has 1 saturated heterocycles. The van der Waals surface area contributed by atoms with E-state index in [1.807, 2.05) is 6.07 Å². The van der Waals surface area contributed by atoms with E-state index in [-0.39, 0.29) is 11.2 Å². The molecule has 0 spiro atoms. The molecule has 4 atom stereocenters. The van der Waals surface area contributed by atoms with E-state index in [0.29, 0.717) is 5.56 Å². The minimum Gasteiger partial charge on any atom is -0.439 e. The number of fused-ring (bicyclic) bond motifs is 1. The van der Waals surface area contributed by atoms with Crippen molar-refractivity contribution in [3.8, 4) is 11.8 Å². The van der Waals surface area contributed by atoms with Gasteiger partial charge in [0.15, 0.2) is 6.10 Å². The highest BCUT2D eigenvalue weighted by Gasteiger charge is 2.53. The van der Waals surface area contributed by atoms with Gasteiger partial charge in [0.25, 0.3) is 0 Å². The quantitative estimate of drug-likeness (QED) is 0.775. The van der Waals surface area contributed by atoms with E-state index >= 15 is 0 Å². The number of cyclic esters (lactones) is 1. The van der Waals surface area contributed by atoms with Gasteiger partial charge in [0.2, 0.25) is 0 Å². The summed E-state index contributed by atoms with van der Waals surface area (Å²) in [6, 6.07) is 7.66. The molecule has 3 aliphatic rings. The molecule has 2 aromatic rings. The van der Waals surface area contributed by atoms with Crippen molar-refractivity contribution in [3.05, 3.63) is 65.2 Å². The van der Waals surface area contributed by atoms with E-state index < -0.39 is 18.2 Å². The molecule has 0 radical (unpaired) electrons. The zero-order chi connectivity index (χ0) is 19.1. The van der Waals surface area contributed by atoms with Crippen molar-refractivity contribution in [2.24, 2.45) is 11.3 Å². The summed E-state index contributed by atoms with van der Waals surface area (Å²) < 4.78 is 19.0. The number of benzene rings is 1. The number of carbonyl (C=O) groups is 1. The maximum absolute atomic E-state index is 13.6. The molecular formula is C23H21FN2O2. The number of carbonyl (C=O) groups excluding carboxylic acids is 1. The molecule has 28 heavy (non-hydrogen) atoms. The van der Waals surface area contributed by atoms with E-state index in [4.69, 9.17) is 4.74 Å². The Balaban J connectivity index is 1.42. The maximum Gasteiger partial charge on any atom is 0.408 e. The minimum atomic E-state index is -0.599. The van der Waals surface area contributed by atoms with Crippen molar-refractivity contribution in [3.63, 3.8) is 0 Å². The number of alkyl carbamates (subject to hydrolysis) is 1. The summed E-state index contributed by atoms with van der Waals surface area (Å²) in [7, 11) is 0. The van der Waals surface area contributed by atoms with Gasteiger partial charge in [-0.25, -0.2) is 9.18 Å². The summed E-state index contributed by atoms with van der Waals surface area (Å²) in [5, 5.41) is 2.81. The number of nitrogens with zero attached hydrogens (tertiary/aromatic N) is 1. The highest BCUT2D eigenvalue weighted by Crippen LogP contribution is 2.60. The molecule has 5 heteroatoms. The molecule has 0 bridgehead atoms. The molecule has 142 valence electrons. The first-order valence-electron chi connectivity index (χ1n) is 9.84. The fourth-order valence-corrected chi connectivity index (χ4v) is 4.63. The van der Waals surface area contributed by atoms with E-state index in [1.54, 1.807) is 24.5 Å². The number of nitrogens with one attached hydrogen (secondary N) is 1. The molecule has 4 nitrogen and oxygen atoms in total. The molecule has 1 N–H and O–H groups in total. The highest BCUT2D eigenvalue weighted by atomic mass is 19.1. The van der Waals surface area contributed by atoms with Crippen LogP contribution in [0.5, 0.6) is 0 Å². The van der Waals surface area contributed by atoms with Crippen molar-refractivity contribution in [2.45, 2.75) is 44.2 Å². The van der Waals surface area contributed by atoms with Gasteiger partial charge in [-0.1, -0.05) is 36.8 Å². The molecule has 2 saturated carbocycles. The largest absolute Gasteiger partial charge is 0.439 e. The van der Waals surface area contributed by atoms with Crippen LogP contribution in [0.3, 0.4) is 0 Å². The molecule has 2 aliphatic carbocycles. The Morgan fingerprint density at radius 3 is 3.00 bits per heavy atom. The summed E-state index contributed by atoms with van der Waals surface area (Å²) in [4.78, 5) is 16.2. The molecule has 1 aromatic heterocycles. The summed E-state index contributed by atoms with van der Waals surface area (Å²) >= 11 is 0. The van der Waals surface area contributed by atoms with Gasteiger partial charge in [0.05, 0.1) is 0 Å². The third-order valence-corrected chi connectivity index (χ3v) is 6.22. The number of rotatable bonds is 2. The average molecular weight is 376 g/mol. The Kier molecular flexibility index (Phi) is 4.08. The summed E-state index contributed by atoms with van der Waals surface area (Å²) in [5.41, 5.74) is 2.48. The maximum atomic E-state index is 13.6. The normalized spacial score (nSPS) is 30.5. The van der Waals surface area contributed by atoms with Gasteiger partial charge in [0.1, 0.15) is 11.9 Å². The Bertz CT molecular complexity index is 995. The lowest BCUT2D eigenvalue weighted by atomic mass is 9.89. The van der Waals surface area contributed by atoms with Gasteiger partial charge in [-0.2, -0.15) is 0 Å². The van der Waals surface area contributed by atoms with Crippen LogP contribution in [-0.2, 0) is 4.74 Å². The zero-order valence-corrected chi connectivity index (χ0v) is 15.5. The fraction of sp³-hybridized carbons (Fsp3) is 0.391. The van der Waals surface area contributed by atoms with Crippen molar-refractivity contribution >= 4 is 6.09 Å². The molecule has 4 unspecified atom stereocenters. The number of halogens is 1. The number of hydrogen-bond donors (Lipinski definition) is 1. The van der Waals surface area contributed by atoms with Gasteiger partial charge in [-0.15, -0.1) is 0 Å². The molecule has 5 rings (SSSR count). The second-order valence-electron chi connectivity index (χ2n) is 8.06. The molecule has 2 heterocycles. The highest BCUT2D eigenvalue weighted by molar-refractivity contribution is 5.71. The molecule has 1 amide bonds. The first kappa shape index (κ1) is 17.2. The summed E-state index contributed by atoms with van der Waals surface area (Å²) in [6.45, 7) is 0. The van der Waals surface area contributed by atoms with Gasteiger partial charge in [0, 0.05) is 23.4 Å². The standard InChI is InChI=1S/C23H21FN2O2/c24-19-6-3-4-16(11-19)21-20(26-22(27)28-21)17-10-15(13-25-14-17)7-9-23-8-2-1-5-18(23)12-23/h3-4,6,10-11,13-14,18,20-21H,1-2,5,8,12H2,(H,26,27). The van der Waals surface area contributed by atoms with Crippen LogP contribution < -0.4 is 5.32 Å². The zero-order valence-electron chi connectivity index (χ0n) is 15.5. The third kappa shape index (κ3) is 3.13. The topological polar surface area (TPSA) is 51.2 Å². The van der Waals surface area contributed by atoms with Crippen LogP contribution in [0.4, 0.5) is 9.18 Å². The van der Waals surface area contributed by atoms with Crippen LogP contribution in [0, 0.1) is 29.0 Å². The van der Waals surface area contributed by atoms with E-state index in [0.717, 1.165) is 17.0 Å². The summed E-state index contributed by atoms with van der Waals surface area (Å²) in [6.07, 6.45) is 8.66. The number of hydrogen-bond acceptors (Lipinski definition) is 3. The lowest BCUT2D eigenvalue weighted by molar-refractivity contribution is 0.132. The lowest BCUT2D eigenvalue weighted by Crippen LogP contribution is -2.19. The third-order valence-electron chi connectivity index (χ3n) is 6.22. The number of pyridine rings is 1. The van der Waals surface area contributed by atoms with E-state index in [9.17, 15) is 9.18 Å². The Morgan fingerprint density at radius 2 is 2.14 bits per heavy atom. The van der Waals surface area contributed by atoms with Gasteiger partial charge >= 0.3 is 6.09 Å². The van der Waals surface area contributed by atoms with Crippen molar-refractivity contribution in [2.75, 3.05) is 0 Å². The van der Waals surface area contributed by atoms with Crippen molar-refractivity contribution in [1.82, 2.24) is 10.3 Å². The van der Waals surface area contributed by atoms with Gasteiger partial charge < -0.3 is 10.1 Å². The van der Waals surface area contributed by atoms with Crippen molar-refractivity contribution in [1.29, 1.82) is 0 Å². The van der Waals surface area contributed by atoms with E-state index in [1.165, 1.54) is 44.2 Å². The second-order valence-corrected chi connectivity index (χ2v) is 8.06. The number of aromatic nitrogens is 1. The molecular weight excluding hydrogens is 355 g/mol. The van der Waals surface area contributed by atoms with Crippen LogP contribution in [0.1, 0.15) is 60.9 Å². The number of amides is 1. The molecule has 1 aromatic carbocycles. The van der Waals surface area contributed by atoms with Crippen molar-refractivity contribution < 1.29 is 13.9 Å². The molecule has 3 fully saturated rings. The van der Waals surface area contributed by atoms with Gasteiger partial charge in [-0.3, -0.25) is 4.98 Å². The number of ether oxygens (including phenoxy) is 1. The predicted molar refractivity (Wildman–Crippen MR) is 102 cm³/mol. The lowest BCUT2D eigenvalue weighted by Gasteiger charge is -2.17. The predicted octanol–water partition coefficient (Wildman–Crippen LogP) is 4.67. The fourth-order valence-electron chi connectivity index (χ4n) is 4.63. The monoisotopic (exact) mass is 376 g/mol. The molecule has 1 aliphatic heterocycles. The first-order valence-corrected chi connectivity index (χ1v) is 9.84. The van der Waals surface area contributed by atoms with Crippen LogP contribution in [0.15, 0.2) is 42.7 Å². The average Bonchev–Trinajstić information content (AvgIpc) is 3.32. The Labute approximate surface area is 163 Å². The first-order chi connectivity index (χ1) is 13.6. The van der Waals surface area contributed by atoms with Crippen LogP contribution in [-0.4, -0.2) is 11.1 Å². The van der Waals surface area contributed by atoms with Crippen LogP contribution in [0.2, 0.25) is 0 Å². The Morgan fingerprint density at radius 1 is 1.21 bits per heavy atom. The SMILES string of the molecule is O=C1NC(c2cncc(C#CC34CCCCC3C4)c2)C(c2cccc(F)c2)O1. The van der Waals surface area contributed by atoms with Crippen LogP contribution >= 0.6 is 0 Å². The van der Waals surface area contributed by atoms with Crippen LogP contribution in [0.25, 0.3) is 0 Å². The van der Waals surface area contributed by atoms with Gasteiger partial charge in [-0.05, 0) is 54.5 Å². The summed E-state index contributed by atoms with van der Waals surface area (Å²) in [5.74, 6) is 7.23. The van der Waals surface area contributed by atoms with E-state index in [2.05, 4.69) is 22.1 Å². The second kappa shape index (κ2) is 6.63. The Hall–Kier alpha value is -2.87. The smallest absolute Gasteiger partial charge is 0.408 e. The minimum absolute atomic E-state index is 0.225.